The molecule has 0 unspecified atom stereocenters. The minimum absolute atomic E-state index is 0.796. The van der Waals surface area contributed by atoms with Crippen molar-refractivity contribution in [2.45, 2.75) is 27.7 Å². The summed E-state index contributed by atoms with van der Waals surface area (Å²) in [5.74, 6) is 0.796. The monoisotopic (exact) mass is 190 g/mol. The fraction of sp³-hybridized carbons (Fsp3) is 0.333. The van der Waals surface area contributed by atoms with Crippen LogP contribution in [0.15, 0.2) is 24.9 Å². The zero-order valence-corrected chi connectivity index (χ0v) is 9.41. The van der Waals surface area contributed by atoms with E-state index in [-0.39, 0.29) is 0 Å². The van der Waals surface area contributed by atoms with Crippen LogP contribution in [0.1, 0.15) is 30.9 Å². The molecule has 1 rings (SSSR count). The van der Waals surface area contributed by atoms with Gasteiger partial charge in [0.05, 0.1) is 5.69 Å². The molecule has 2 nitrogen and oxygen atoms in total. The van der Waals surface area contributed by atoms with Crippen LogP contribution in [0.2, 0.25) is 0 Å². The molecule has 1 aromatic heterocycles. The van der Waals surface area contributed by atoms with Crippen LogP contribution in [-0.2, 0) is 0 Å². The topological polar surface area (TPSA) is 25.8 Å². The number of nitrogens with zero attached hydrogens (tertiary/aromatic N) is 2. The van der Waals surface area contributed by atoms with Crippen LogP contribution in [0.5, 0.6) is 0 Å². The third-order valence-corrected chi connectivity index (χ3v) is 1.52. The largest absolute Gasteiger partial charge is 0.241 e. The molecule has 76 valence electrons. The zero-order chi connectivity index (χ0) is 11.0. The Labute approximate surface area is 86.4 Å². The zero-order valence-electron chi connectivity index (χ0n) is 9.41. The van der Waals surface area contributed by atoms with Gasteiger partial charge in [-0.2, -0.15) is 0 Å². The first-order valence-electron chi connectivity index (χ1n) is 4.83. The van der Waals surface area contributed by atoms with Gasteiger partial charge in [-0.05, 0) is 25.5 Å². The Morgan fingerprint density at radius 2 is 1.93 bits per heavy atom. The number of hydrogen-bond acceptors (Lipinski definition) is 2. The van der Waals surface area contributed by atoms with Gasteiger partial charge in [0, 0.05) is 6.20 Å². The van der Waals surface area contributed by atoms with E-state index in [1.54, 1.807) is 6.08 Å². The molecule has 0 amide bonds. The fourth-order valence-corrected chi connectivity index (χ4v) is 0.876. The molecule has 0 saturated heterocycles. The van der Waals surface area contributed by atoms with Crippen molar-refractivity contribution in [3.63, 3.8) is 0 Å². The van der Waals surface area contributed by atoms with Gasteiger partial charge in [-0.1, -0.05) is 32.6 Å². The van der Waals surface area contributed by atoms with Gasteiger partial charge in [-0.3, -0.25) is 0 Å². The van der Waals surface area contributed by atoms with Crippen LogP contribution in [0, 0.1) is 13.8 Å². The fourth-order valence-electron chi connectivity index (χ4n) is 0.876. The number of allylic oxidation sites excluding steroid dienone is 2. The van der Waals surface area contributed by atoms with E-state index in [4.69, 9.17) is 0 Å². The quantitative estimate of drug-likeness (QED) is 0.668. The summed E-state index contributed by atoms with van der Waals surface area (Å²) >= 11 is 0. The van der Waals surface area contributed by atoms with Crippen molar-refractivity contribution in [1.82, 2.24) is 9.97 Å². The Morgan fingerprint density at radius 1 is 1.29 bits per heavy atom. The smallest absolute Gasteiger partial charge is 0.125 e. The number of rotatable bonds is 2. The Kier molecular flexibility index (Phi) is 6.29. The van der Waals surface area contributed by atoms with Gasteiger partial charge in [0.1, 0.15) is 5.82 Å². The summed E-state index contributed by atoms with van der Waals surface area (Å²) in [6.07, 6.45) is 7.35. The normalized spacial score (nSPS) is 9.43. The van der Waals surface area contributed by atoms with E-state index < -0.39 is 0 Å². The van der Waals surface area contributed by atoms with Crippen LogP contribution in [0.3, 0.4) is 0 Å². The van der Waals surface area contributed by atoms with Gasteiger partial charge >= 0.3 is 0 Å². The molecule has 14 heavy (non-hydrogen) atoms. The van der Waals surface area contributed by atoms with E-state index in [2.05, 4.69) is 16.5 Å². The second-order valence-corrected chi connectivity index (χ2v) is 2.58. The maximum atomic E-state index is 4.26. The van der Waals surface area contributed by atoms with Crippen molar-refractivity contribution in [2.24, 2.45) is 0 Å². The summed E-state index contributed by atoms with van der Waals surface area (Å²) in [5, 5.41) is 0. The predicted molar refractivity (Wildman–Crippen MR) is 62.1 cm³/mol. The number of hydrogen-bond donors (Lipinski definition) is 0. The lowest BCUT2D eigenvalue weighted by Crippen LogP contribution is -1.92. The summed E-state index contributed by atoms with van der Waals surface area (Å²) in [4.78, 5) is 8.34. The van der Waals surface area contributed by atoms with E-state index in [0.717, 1.165) is 17.1 Å². The Balaban J connectivity index is 0.000000791. The van der Waals surface area contributed by atoms with Crippen LogP contribution in [0.4, 0.5) is 0 Å². The van der Waals surface area contributed by atoms with E-state index in [0.29, 0.717) is 0 Å². The van der Waals surface area contributed by atoms with Crippen LogP contribution in [-0.4, -0.2) is 9.97 Å². The highest BCUT2D eigenvalue weighted by molar-refractivity contribution is 5.49. The first-order chi connectivity index (χ1) is 6.74. The van der Waals surface area contributed by atoms with Gasteiger partial charge in [0.25, 0.3) is 0 Å². The van der Waals surface area contributed by atoms with Crippen LogP contribution < -0.4 is 0 Å². The molecule has 0 spiro atoms. The molecule has 0 aliphatic rings. The minimum atomic E-state index is 0.796. The minimum Gasteiger partial charge on any atom is -0.241 e. The summed E-state index contributed by atoms with van der Waals surface area (Å²) in [6, 6.07) is 0. The Hall–Kier alpha value is -1.44. The van der Waals surface area contributed by atoms with Crippen molar-refractivity contribution in [3.8, 4) is 0 Å². The molecular weight excluding hydrogens is 172 g/mol. The van der Waals surface area contributed by atoms with Gasteiger partial charge < -0.3 is 0 Å². The highest BCUT2D eigenvalue weighted by Gasteiger charge is 1.95. The van der Waals surface area contributed by atoms with Crippen molar-refractivity contribution in [1.29, 1.82) is 0 Å². The van der Waals surface area contributed by atoms with Crippen LogP contribution >= 0.6 is 0 Å². The Morgan fingerprint density at radius 3 is 2.50 bits per heavy atom. The lowest BCUT2D eigenvalue weighted by Gasteiger charge is -1.98. The van der Waals surface area contributed by atoms with Crippen molar-refractivity contribution < 1.29 is 0 Å². The first-order valence-corrected chi connectivity index (χ1v) is 4.83. The van der Waals surface area contributed by atoms with Crippen molar-refractivity contribution in [3.05, 3.63) is 42.0 Å². The van der Waals surface area contributed by atoms with Gasteiger partial charge in [0.15, 0.2) is 0 Å². The molecule has 0 bridgehead atoms. The lowest BCUT2D eigenvalue weighted by atomic mass is 10.2. The summed E-state index contributed by atoms with van der Waals surface area (Å²) in [6.45, 7) is 11.5. The second kappa shape index (κ2) is 7.01. The molecule has 0 saturated carbocycles. The van der Waals surface area contributed by atoms with Crippen molar-refractivity contribution >= 4 is 6.08 Å². The number of aromatic nitrogens is 2. The molecule has 0 fully saturated rings. The Bertz CT molecular complexity index is 314. The molecule has 0 radical (unpaired) electrons. The maximum absolute atomic E-state index is 4.26. The van der Waals surface area contributed by atoms with Crippen molar-refractivity contribution in [2.75, 3.05) is 0 Å². The van der Waals surface area contributed by atoms with E-state index >= 15 is 0 Å². The third-order valence-electron chi connectivity index (χ3n) is 1.52. The molecule has 2 heteroatoms. The van der Waals surface area contributed by atoms with E-state index in [1.807, 2.05) is 46.0 Å². The average Bonchev–Trinajstić information content (AvgIpc) is 2.22. The second-order valence-electron chi connectivity index (χ2n) is 2.58. The standard InChI is InChI=1S/C10H12N2.C2H6/c1-4-5-6-10-8(2)7-11-9(3)12-10;1-2/h4-7H,1H2,2-3H3;1-2H3/b6-5-;. The van der Waals surface area contributed by atoms with Crippen LogP contribution in [0.25, 0.3) is 6.08 Å². The van der Waals surface area contributed by atoms with Gasteiger partial charge in [-0.15, -0.1) is 0 Å². The van der Waals surface area contributed by atoms with Gasteiger partial charge in [-0.25, -0.2) is 9.97 Å². The summed E-state index contributed by atoms with van der Waals surface area (Å²) in [5.41, 5.74) is 2.04. The molecule has 0 N–H and O–H groups in total. The predicted octanol–water partition coefficient (Wildman–Crippen LogP) is 3.32. The molecule has 0 aliphatic heterocycles. The van der Waals surface area contributed by atoms with Gasteiger partial charge in [0.2, 0.25) is 0 Å². The summed E-state index contributed by atoms with van der Waals surface area (Å²) < 4.78 is 0. The SMILES string of the molecule is C=C/C=C\c1nc(C)ncc1C.CC. The molecule has 0 aliphatic carbocycles. The highest BCUT2D eigenvalue weighted by atomic mass is 14.9. The van der Waals surface area contributed by atoms with E-state index in [9.17, 15) is 0 Å². The highest BCUT2D eigenvalue weighted by Crippen LogP contribution is 2.05. The number of aryl methyl sites for hydroxylation is 2. The van der Waals surface area contributed by atoms with E-state index in [1.165, 1.54) is 0 Å². The molecule has 1 aromatic rings. The molecular formula is C12H18N2. The summed E-state index contributed by atoms with van der Waals surface area (Å²) in [7, 11) is 0. The maximum Gasteiger partial charge on any atom is 0.125 e. The molecule has 0 aromatic carbocycles. The third kappa shape index (κ3) is 3.99. The first kappa shape index (κ1) is 12.6. The average molecular weight is 190 g/mol. The molecule has 0 atom stereocenters. The molecule has 1 heterocycles. The lowest BCUT2D eigenvalue weighted by molar-refractivity contribution is 1.02.